The van der Waals surface area contributed by atoms with E-state index in [1.165, 1.54) is 26.4 Å². The number of nitrogens with one attached hydrogen (secondary N) is 1. The van der Waals surface area contributed by atoms with Crippen LogP contribution in [0.15, 0.2) is 51.8 Å². The number of nitrogens with zero attached hydrogens (tertiary/aromatic N) is 1. The summed E-state index contributed by atoms with van der Waals surface area (Å²) in [6.45, 7) is 1.70. The molecule has 10 heteroatoms. The molecule has 4 bridgehead atoms. The predicted octanol–water partition coefficient (Wildman–Crippen LogP) is 4.78. The van der Waals surface area contributed by atoms with E-state index >= 15 is 0 Å². The summed E-state index contributed by atoms with van der Waals surface area (Å²) in [5, 5.41) is 9.40. The van der Waals surface area contributed by atoms with Gasteiger partial charge in [-0.25, -0.2) is 13.2 Å². The molecule has 0 saturated carbocycles. The van der Waals surface area contributed by atoms with E-state index in [2.05, 4.69) is 26.7 Å². The maximum atomic E-state index is 13.5. The topological polar surface area (TPSA) is 115 Å². The van der Waals surface area contributed by atoms with Crippen molar-refractivity contribution in [1.29, 1.82) is 5.26 Å². The quantitative estimate of drug-likeness (QED) is 0.463. The average molecular weight is 543 g/mol. The Labute approximate surface area is 205 Å². The number of esters is 1. The normalized spacial score (nSPS) is 14.1. The van der Waals surface area contributed by atoms with Gasteiger partial charge in [0.15, 0.2) is 5.75 Å². The maximum Gasteiger partial charge on any atom is 0.338 e. The number of nitriles is 1. The van der Waals surface area contributed by atoms with Crippen molar-refractivity contribution in [1.82, 2.24) is 0 Å². The molecule has 1 heterocycles. The van der Waals surface area contributed by atoms with Gasteiger partial charge in [0.25, 0.3) is 10.0 Å². The zero-order chi connectivity index (χ0) is 24.6. The van der Waals surface area contributed by atoms with Crippen LogP contribution in [0.25, 0.3) is 11.1 Å². The molecule has 0 saturated heterocycles. The number of benzene rings is 3. The van der Waals surface area contributed by atoms with Crippen molar-refractivity contribution in [3.05, 3.63) is 69.2 Å². The molecule has 0 atom stereocenters. The highest BCUT2D eigenvalue weighted by Gasteiger charge is 2.27. The molecule has 1 aliphatic heterocycles. The Morgan fingerprint density at radius 1 is 1.06 bits per heavy atom. The van der Waals surface area contributed by atoms with E-state index in [4.69, 9.17) is 14.2 Å². The van der Waals surface area contributed by atoms with Gasteiger partial charge in [-0.05, 0) is 81.5 Å². The first-order valence-electron chi connectivity index (χ1n) is 9.98. The number of ether oxygens (including phenoxy) is 3. The first kappa shape index (κ1) is 23.6. The molecule has 174 valence electrons. The van der Waals surface area contributed by atoms with Crippen LogP contribution in [0.1, 0.15) is 27.0 Å². The second-order valence-corrected chi connectivity index (χ2v) is 10.0. The molecule has 1 N–H and O–H groups in total. The third-order valence-corrected chi connectivity index (χ3v) is 7.33. The third-order valence-electron chi connectivity index (χ3n) is 5.37. The number of carbonyl (C=O) groups is 1. The van der Waals surface area contributed by atoms with Crippen LogP contribution < -0.4 is 14.2 Å². The van der Waals surface area contributed by atoms with Crippen molar-refractivity contribution < 1.29 is 27.4 Å². The number of anilines is 1. The Hall–Kier alpha value is -3.55. The summed E-state index contributed by atoms with van der Waals surface area (Å²) in [5.74, 6) is -0.343. The highest BCUT2D eigenvalue weighted by molar-refractivity contribution is 9.10. The van der Waals surface area contributed by atoms with Gasteiger partial charge in [-0.2, -0.15) is 5.26 Å². The lowest BCUT2D eigenvalue weighted by Crippen LogP contribution is -2.16. The highest BCUT2D eigenvalue weighted by Crippen LogP contribution is 2.40. The minimum atomic E-state index is -4.23. The summed E-state index contributed by atoms with van der Waals surface area (Å²) in [4.78, 5) is 12.6. The van der Waals surface area contributed by atoms with Crippen molar-refractivity contribution in [2.24, 2.45) is 0 Å². The van der Waals surface area contributed by atoms with Crippen molar-refractivity contribution in [2.45, 2.75) is 18.4 Å². The van der Waals surface area contributed by atoms with E-state index in [0.717, 1.165) is 0 Å². The number of methoxy groups -OCH3 is 2. The Morgan fingerprint density at radius 2 is 1.79 bits per heavy atom. The molecule has 34 heavy (non-hydrogen) atoms. The zero-order valence-electron chi connectivity index (χ0n) is 18.4. The van der Waals surface area contributed by atoms with Crippen LogP contribution in [-0.2, 0) is 21.4 Å². The molecule has 3 aromatic rings. The van der Waals surface area contributed by atoms with Crippen molar-refractivity contribution >= 4 is 37.6 Å². The van der Waals surface area contributed by atoms with Gasteiger partial charge in [0.05, 0.1) is 41.6 Å². The first-order chi connectivity index (χ1) is 16.2. The number of hydrogen-bond donors (Lipinski definition) is 1. The molecule has 3 aromatic carbocycles. The molecule has 0 spiro atoms. The summed E-state index contributed by atoms with van der Waals surface area (Å²) in [5.41, 5.74) is 3.20. The lowest BCUT2D eigenvalue weighted by atomic mass is 9.95. The van der Waals surface area contributed by atoms with Gasteiger partial charge < -0.3 is 14.2 Å². The number of aryl methyl sites for hydroxylation is 1. The standard InChI is InChI=1S/C24H19BrN2O6S/c1-13-6-16-9-20(22(13)31-2)27-34(29,30)21-10-17(8-19(25)23(21)32-3)24(28)33-12-15-5-4-14(11-26)7-18(15)16/h4-10,27H,12H2,1-3H3. The van der Waals surface area contributed by atoms with Gasteiger partial charge in [-0.3, -0.25) is 4.72 Å². The summed E-state index contributed by atoms with van der Waals surface area (Å²) in [7, 11) is -1.45. The number of carbonyl (C=O) groups excluding carboxylic acids is 1. The smallest absolute Gasteiger partial charge is 0.338 e. The average Bonchev–Trinajstić information content (AvgIpc) is 2.81. The third kappa shape index (κ3) is 4.20. The monoisotopic (exact) mass is 542 g/mol. The lowest BCUT2D eigenvalue weighted by Gasteiger charge is -2.18. The fourth-order valence-corrected chi connectivity index (χ4v) is 5.85. The molecular formula is C24H19BrN2O6S. The largest absolute Gasteiger partial charge is 0.494 e. The number of hydrogen-bond acceptors (Lipinski definition) is 7. The molecule has 4 rings (SSSR count). The molecular weight excluding hydrogens is 524 g/mol. The number of halogens is 1. The fraction of sp³-hybridized carbons (Fsp3) is 0.167. The van der Waals surface area contributed by atoms with Crippen molar-refractivity contribution in [3.8, 4) is 28.7 Å². The van der Waals surface area contributed by atoms with E-state index in [1.807, 2.05) is 6.07 Å². The SMILES string of the molecule is COc1c(C)cc2cc1NS(=O)(=O)c1cc(cc(Br)c1OC)C(=O)OCc1ccc(C#N)cc1-2. The van der Waals surface area contributed by atoms with Crippen LogP contribution in [0.3, 0.4) is 0 Å². The Morgan fingerprint density at radius 3 is 2.47 bits per heavy atom. The van der Waals surface area contributed by atoms with Crippen LogP contribution in [0.5, 0.6) is 11.5 Å². The molecule has 0 fully saturated rings. The second kappa shape index (κ2) is 9.00. The van der Waals surface area contributed by atoms with Crippen LogP contribution >= 0.6 is 15.9 Å². The van der Waals surface area contributed by atoms with E-state index in [-0.39, 0.29) is 33.0 Å². The van der Waals surface area contributed by atoms with Crippen molar-refractivity contribution in [2.75, 3.05) is 18.9 Å². The Balaban J connectivity index is 2.05. The molecule has 0 unspecified atom stereocenters. The summed E-state index contributed by atoms with van der Waals surface area (Å²) < 4.78 is 46.1. The summed E-state index contributed by atoms with van der Waals surface area (Å²) in [6.07, 6.45) is 0. The first-order valence-corrected chi connectivity index (χ1v) is 12.3. The van der Waals surface area contributed by atoms with Crippen LogP contribution in [0.4, 0.5) is 5.69 Å². The molecule has 0 aromatic heterocycles. The van der Waals surface area contributed by atoms with E-state index in [1.54, 1.807) is 31.2 Å². The summed E-state index contributed by atoms with van der Waals surface area (Å²) >= 11 is 3.28. The van der Waals surface area contributed by atoms with Crippen LogP contribution in [-0.4, -0.2) is 28.6 Å². The van der Waals surface area contributed by atoms with E-state index < -0.39 is 16.0 Å². The number of rotatable bonds is 2. The minimum absolute atomic E-state index is 0.0253. The summed E-state index contributed by atoms with van der Waals surface area (Å²) in [6, 6.07) is 13.2. The zero-order valence-corrected chi connectivity index (χ0v) is 20.8. The lowest BCUT2D eigenvalue weighted by molar-refractivity contribution is 0.0473. The van der Waals surface area contributed by atoms with Gasteiger partial charge in [0.2, 0.25) is 0 Å². The minimum Gasteiger partial charge on any atom is -0.494 e. The maximum absolute atomic E-state index is 13.5. The molecule has 0 radical (unpaired) electrons. The Bertz CT molecular complexity index is 1480. The number of cyclic esters (lactones) is 1. The van der Waals surface area contributed by atoms with Gasteiger partial charge in [-0.15, -0.1) is 0 Å². The highest BCUT2D eigenvalue weighted by atomic mass is 79.9. The number of fused-ring (bicyclic) bond motifs is 6. The van der Waals surface area contributed by atoms with E-state index in [0.29, 0.717) is 33.6 Å². The fourth-order valence-electron chi connectivity index (χ4n) is 3.83. The molecule has 1 aliphatic rings. The van der Waals surface area contributed by atoms with Gasteiger partial charge in [0, 0.05) is 0 Å². The van der Waals surface area contributed by atoms with Crippen molar-refractivity contribution in [3.63, 3.8) is 0 Å². The molecule has 0 aliphatic carbocycles. The predicted molar refractivity (Wildman–Crippen MR) is 129 cm³/mol. The van der Waals surface area contributed by atoms with Gasteiger partial charge >= 0.3 is 5.97 Å². The second-order valence-electron chi connectivity index (χ2n) is 7.53. The van der Waals surface area contributed by atoms with E-state index in [9.17, 15) is 18.5 Å². The Kier molecular flexibility index (Phi) is 6.25. The molecule has 8 nitrogen and oxygen atoms in total. The number of sulfonamides is 1. The molecule has 0 amide bonds. The van der Waals surface area contributed by atoms with Crippen LogP contribution in [0.2, 0.25) is 0 Å². The van der Waals surface area contributed by atoms with Gasteiger partial charge in [-0.1, -0.05) is 6.07 Å². The van der Waals surface area contributed by atoms with Crippen LogP contribution in [0, 0.1) is 18.3 Å². The van der Waals surface area contributed by atoms with Gasteiger partial charge in [0.1, 0.15) is 17.3 Å².